The van der Waals surface area contributed by atoms with Crippen LogP contribution in [0.25, 0.3) is 0 Å². The van der Waals surface area contributed by atoms with Gasteiger partial charge in [-0.15, -0.1) is 0 Å². The average molecular weight is 335 g/mol. The summed E-state index contributed by atoms with van der Waals surface area (Å²) in [6.45, 7) is 3.05. The van der Waals surface area contributed by atoms with Crippen LogP contribution in [0, 0.1) is 0 Å². The molecule has 0 bridgehead atoms. The van der Waals surface area contributed by atoms with E-state index < -0.39 is 15.9 Å². The van der Waals surface area contributed by atoms with E-state index in [1.54, 1.807) is 18.3 Å². The number of rotatable bonds is 4. The maximum Gasteiger partial charge on any atom is 0.253 e. The first-order chi connectivity index (χ1) is 10.9. The summed E-state index contributed by atoms with van der Waals surface area (Å²) in [4.78, 5) is -0.208. The SMILES string of the molecule is CC1(c2cccc[n+]2Cc2ccccc2S(=O)(=O)[O-])OCCO1. The van der Waals surface area contributed by atoms with E-state index in [9.17, 15) is 13.0 Å². The second-order valence-corrected chi connectivity index (χ2v) is 6.77. The quantitative estimate of drug-likeness (QED) is 0.618. The lowest BCUT2D eigenvalue weighted by molar-refractivity contribution is -0.706. The normalized spacial score (nSPS) is 17.3. The Kier molecular flexibility index (Phi) is 4.20. The molecule has 0 aliphatic carbocycles. The molecule has 7 heteroatoms. The van der Waals surface area contributed by atoms with Crippen LogP contribution >= 0.6 is 0 Å². The van der Waals surface area contributed by atoms with Gasteiger partial charge in [-0.25, -0.2) is 8.42 Å². The molecule has 1 aromatic carbocycles. The summed E-state index contributed by atoms with van der Waals surface area (Å²) >= 11 is 0. The Morgan fingerprint density at radius 2 is 1.78 bits per heavy atom. The zero-order chi connectivity index (χ0) is 16.5. The van der Waals surface area contributed by atoms with Crippen LogP contribution in [0.3, 0.4) is 0 Å². The molecule has 122 valence electrons. The molecular weight excluding hydrogens is 318 g/mol. The summed E-state index contributed by atoms with van der Waals surface area (Å²) in [5.74, 6) is -0.882. The second-order valence-electron chi connectivity index (χ2n) is 5.42. The molecule has 1 aromatic heterocycles. The van der Waals surface area contributed by atoms with Crippen LogP contribution in [0.1, 0.15) is 18.2 Å². The first kappa shape index (κ1) is 16.1. The number of nitrogens with zero attached hydrogens (tertiary/aromatic N) is 1. The van der Waals surface area contributed by atoms with Crippen molar-refractivity contribution in [3.8, 4) is 0 Å². The van der Waals surface area contributed by atoms with Crippen LogP contribution < -0.4 is 4.57 Å². The van der Waals surface area contributed by atoms with Gasteiger partial charge in [0, 0.05) is 24.6 Å². The van der Waals surface area contributed by atoms with Gasteiger partial charge in [-0.1, -0.05) is 18.2 Å². The van der Waals surface area contributed by atoms with Crippen LogP contribution in [-0.4, -0.2) is 26.2 Å². The van der Waals surface area contributed by atoms with E-state index in [2.05, 4.69) is 0 Å². The molecule has 6 nitrogen and oxygen atoms in total. The largest absolute Gasteiger partial charge is 0.744 e. The highest BCUT2D eigenvalue weighted by Crippen LogP contribution is 2.28. The molecule has 1 aliphatic rings. The molecule has 3 rings (SSSR count). The van der Waals surface area contributed by atoms with E-state index in [1.165, 1.54) is 12.1 Å². The second kappa shape index (κ2) is 6.01. The number of hydrogen-bond donors (Lipinski definition) is 0. The van der Waals surface area contributed by atoms with Gasteiger partial charge in [0.25, 0.3) is 5.79 Å². The molecule has 2 heterocycles. The Hall–Kier alpha value is -1.80. The van der Waals surface area contributed by atoms with Crippen LogP contribution in [-0.2, 0) is 31.9 Å². The first-order valence-electron chi connectivity index (χ1n) is 7.21. The summed E-state index contributed by atoms with van der Waals surface area (Å²) in [5, 5.41) is 0. The minimum atomic E-state index is -4.53. The Morgan fingerprint density at radius 1 is 1.13 bits per heavy atom. The smallest absolute Gasteiger partial charge is 0.253 e. The van der Waals surface area contributed by atoms with Gasteiger partial charge in [0.1, 0.15) is 10.1 Å². The van der Waals surface area contributed by atoms with Gasteiger partial charge in [0.15, 0.2) is 12.7 Å². The van der Waals surface area contributed by atoms with E-state index in [0.717, 1.165) is 5.69 Å². The lowest BCUT2D eigenvalue weighted by Gasteiger charge is -2.20. The molecule has 0 unspecified atom stereocenters. The van der Waals surface area contributed by atoms with Gasteiger partial charge in [0.05, 0.1) is 18.1 Å². The fraction of sp³-hybridized carbons (Fsp3) is 0.312. The van der Waals surface area contributed by atoms with Crippen molar-refractivity contribution in [2.45, 2.75) is 24.2 Å². The van der Waals surface area contributed by atoms with Gasteiger partial charge in [-0.2, -0.15) is 4.57 Å². The van der Waals surface area contributed by atoms with E-state index in [-0.39, 0.29) is 11.4 Å². The summed E-state index contributed by atoms with van der Waals surface area (Å²) in [6.07, 6.45) is 1.81. The van der Waals surface area contributed by atoms with Crippen molar-refractivity contribution in [2.75, 3.05) is 13.2 Å². The highest BCUT2D eigenvalue weighted by Gasteiger charge is 2.40. The Balaban J connectivity index is 2.03. The van der Waals surface area contributed by atoms with Crippen molar-refractivity contribution in [1.82, 2.24) is 0 Å². The molecular formula is C16H17NO5S. The van der Waals surface area contributed by atoms with Crippen LogP contribution in [0.2, 0.25) is 0 Å². The molecule has 0 N–H and O–H groups in total. The Labute approximate surface area is 135 Å². The average Bonchev–Trinajstić information content (AvgIpc) is 2.95. The minimum absolute atomic E-state index is 0.208. The monoisotopic (exact) mass is 335 g/mol. The maximum absolute atomic E-state index is 11.4. The van der Waals surface area contributed by atoms with Crippen molar-refractivity contribution < 1.29 is 27.0 Å². The number of aromatic nitrogens is 1. The van der Waals surface area contributed by atoms with Gasteiger partial charge in [0.2, 0.25) is 5.69 Å². The molecule has 0 saturated carbocycles. The molecule has 23 heavy (non-hydrogen) atoms. The van der Waals surface area contributed by atoms with Gasteiger partial charge in [-0.3, -0.25) is 0 Å². The van der Waals surface area contributed by atoms with Crippen LogP contribution in [0.4, 0.5) is 0 Å². The van der Waals surface area contributed by atoms with Crippen molar-refractivity contribution in [3.05, 3.63) is 59.9 Å². The highest BCUT2D eigenvalue weighted by atomic mass is 32.2. The fourth-order valence-electron chi connectivity index (χ4n) is 2.75. The molecule has 1 aliphatic heterocycles. The molecule has 0 spiro atoms. The Bertz CT molecular complexity index is 813. The summed E-state index contributed by atoms with van der Waals surface area (Å²) < 4.78 is 47.5. The third-order valence-electron chi connectivity index (χ3n) is 3.83. The molecule has 1 saturated heterocycles. The standard InChI is InChI=1S/C16H17NO5S/c1-16(21-10-11-22-16)15-8-4-5-9-17(15)12-13-6-2-3-7-14(13)23(18,19)20/h2-9H,10-12H2,1H3. The van der Waals surface area contributed by atoms with E-state index in [0.29, 0.717) is 18.8 Å². The van der Waals surface area contributed by atoms with Crippen LogP contribution in [0.5, 0.6) is 0 Å². The third-order valence-corrected chi connectivity index (χ3v) is 4.76. The van der Waals surface area contributed by atoms with Crippen LogP contribution in [0.15, 0.2) is 53.6 Å². The van der Waals surface area contributed by atoms with E-state index >= 15 is 0 Å². The molecule has 0 amide bonds. The fourth-order valence-corrected chi connectivity index (χ4v) is 3.45. The van der Waals surface area contributed by atoms with Crippen molar-refractivity contribution >= 4 is 10.1 Å². The van der Waals surface area contributed by atoms with E-state index in [1.807, 2.05) is 29.7 Å². The Morgan fingerprint density at radius 3 is 2.48 bits per heavy atom. The number of benzene rings is 1. The summed E-state index contributed by atoms with van der Waals surface area (Å²) in [5.41, 5.74) is 1.19. The molecule has 2 aromatic rings. The molecule has 1 fully saturated rings. The summed E-state index contributed by atoms with van der Waals surface area (Å²) in [7, 11) is -4.53. The third kappa shape index (κ3) is 3.28. The number of ether oxygens (including phenoxy) is 2. The van der Waals surface area contributed by atoms with Gasteiger partial charge in [-0.05, 0) is 12.1 Å². The topological polar surface area (TPSA) is 79.5 Å². The van der Waals surface area contributed by atoms with Gasteiger partial charge >= 0.3 is 0 Å². The minimum Gasteiger partial charge on any atom is -0.744 e. The lowest BCUT2D eigenvalue weighted by atomic mass is 10.1. The number of hydrogen-bond acceptors (Lipinski definition) is 5. The number of pyridine rings is 1. The first-order valence-corrected chi connectivity index (χ1v) is 8.62. The van der Waals surface area contributed by atoms with Gasteiger partial charge < -0.3 is 14.0 Å². The maximum atomic E-state index is 11.4. The van der Waals surface area contributed by atoms with E-state index in [4.69, 9.17) is 9.47 Å². The van der Waals surface area contributed by atoms with Crippen molar-refractivity contribution in [3.63, 3.8) is 0 Å². The lowest BCUT2D eigenvalue weighted by Crippen LogP contribution is -2.46. The molecule has 0 radical (unpaired) electrons. The predicted molar refractivity (Wildman–Crippen MR) is 79.4 cm³/mol. The highest BCUT2D eigenvalue weighted by molar-refractivity contribution is 7.85. The molecule has 0 atom stereocenters. The zero-order valence-electron chi connectivity index (χ0n) is 12.6. The van der Waals surface area contributed by atoms with Crippen molar-refractivity contribution in [1.29, 1.82) is 0 Å². The van der Waals surface area contributed by atoms with Crippen molar-refractivity contribution in [2.24, 2.45) is 0 Å². The summed E-state index contributed by atoms with van der Waals surface area (Å²) in [6, 6.07) is 11.7. The predicted octanol–water partition coefficient (Wildman–Crippen LogP) is 1.15. The zero-order valence-corrected chi connectivity index (χ0v) is 13.5.